The molecule has 1 aliphatic rings. The third kappa shape index (κ3) is 3.03. The number of rotatable bonds is 4. The lowest BCUT2D eigenvalue weighted by molar-refractivity contribution is -0.0244. The molecule has 3 nitrogen and oxygen atoms in total. The van der Waals surface area contributed by atoms with E-state index in [9.17, 15) is 5.11 Å². The maximum atomic E-state index is 11.2. The fourth-order valence-corrected chi connectivity index (χ4v) is 3.68. The summed E-state index contributed by atoms with van der Waals surface area (Å²) in [4.78, 5) is 0. The minimum Gasteiger partial charge on any atom is -0.389 e. The number of aryl methyl sites for hydroxylation is 2. The van der Waals surface area contributed by atoms with Crippen LogP contribution in [0.4, 0.5) is 0 Å². The van der Waals surface area contributed by atoms with Gasteiger partial charge in [-0.25, -0.2) is 0 Å². The van der Waals surface area contributed by atoms with Crippen LogP contribution in [0, 0.1) is 0 Å². The lowest BCUT2D eigenvalue weighted by Gasteiger charge is -2.40. The molecule has 2 unspecified atom stereocenters. The Labute approximate surface area is 126 Å². The highest BCUT2D eigenvalue weighted by molar-refractivity contribution is 5.24. The molecule has 0 amide bonds. The van der Waals surface area contributed by atoms with Gasteiger partial charge >= 0.3 is 0 Å². The van der Waals surface area contributed by atoms with Crippen LogP contribution < -0.4 is 0 Å². The maximum Gasteiger partial charge on any atom is 0.0719 e. The number of aliphatic hydroxyl groups is 1. The van der Waals surface area contributed by atoms with Gasteiger partial charge in [0.15, 0.2) is 0 Å². The SMILES string of the molecule is Cn1nccc1CCC1(O)CCCCC1c1ccccc1. The van der Waals surface area contributed by atoms with Crippen molar-refractivity contribution in [2.24, 2.45) is 7.05 Å². The smallest absolute Gasteiger partial charge is 0.0719 e. The van der Waals surface area contributed by atoms with Gasteiger partial charge in [0.05, 0.1) is 5.60 Å². The normalized spacial score (nSPS) is 25.9. The topological polar surface area (TPSA) is 38.0 Å². The van der Waals surface area contributed by atoms with E-state index in [1.807, 2.05) is 30.1 Å². The summed E-state index contributed by atoms with van der Waals surface area (Å²) in [6.07, 6.45) is 7.87. The van der Waals surface area contributed by atoms with E-state index in [-0.39, 0.29) is 5.92 Å². The van der Waals surface area contributed by atoms with Crippen LogP contribution in [0.2, 0.25) is 0 Å². The lowest BCUT2D eigenvalue weighted by Crippen LogP contribution is -2.39. The van der Waals surface area contributed by atoms with Gasteiger partial charge in [-0.1, -0.05) is 43.2 Å². The van der Waals surface area contributed by atoms with Crippen molar-refractivity contribution < 1.29 is 5.11 Å². The predicted molar refractivity (Wildman–Crippen MR) is 84.1 cm³/mol. The van der Waals surface area contributed by atoms with E-state index in [0.29, 0.717) is 0 Å². The van der Waals surface area contributed by atoms with Crippen molar-refractivity contribution in [1.29, 1.82) is 0 Å². The third-order valence-corrected chi connectivity index (χ3v) is 4.94. The molecular weight excluding hydrogens is 260 g/mol. The van der Waals surface area contributed by atoms with Crippen molar-refractivity contribution in [3.05, 3.63) is 53.9 Å². The van der Waals surface area contributed by atoms with E-state index in [1.54, 1.807) is 0 Å². The van der Waals surface area contributed by atoms with Crippen molar-refractivity contribution in [2.75, 3.05) is 0 Å². The molecule has 2 aromatic rings. The van der Waals surface area contributed by atoms with E-state index in [4.69, 9.17) is 0 Å². The molecule has 1 heterocycles. The largest absolute Gasteiger partial charge is 0.389 e. The number of hydrogen-bond donors (Lipinski definition) is 1. The summed E-state index contributed by atoms with van der Waals surface area (Å²) in [5.74, 6) is 0.265. The Morgan fingerprint density at radius 1 is 1.24 bits per heavy atom. The summed E-state index contributed by atoms with van der Waals surface area (Å²) in [5.41, 5.74) is 1.90. The quantitative estimate of drug-likeness (QED) is 0.934. The van der Waals surface area contributed by atoms with E-state index < -0.39 is 5.60 Å². The summed E-state index contributed by atoms with van der Waals surface area (Å²) in [6, 6.07) is 12.6. The van der Waals surface area contributed by atoms with Crippen molar-refractivity contribution >= 4 is 0 Å². The minimum atomic E-state index is -0.579. The van der Waals surface area contributed by atoms with Gasteiger partial charge in [-0.2, -0.15) is 5.10 Å². The maximum absolute atomic E-state index is 11.2. The van der Waals surface area contributed by atoms with Gasteiger partial charge in [0.2, 0.25) is 0 Å². The van der Waals surface area contributed by atoms with Crippen LogP contribution in [0.5, 0.6) is 0 Å². The van der Waals surface area contributed by atoms with Gasteiger partial charge in [-0.05, 0) is 37.3 Å². The second kappa shape index (κ2) is 6.02. The van der Waals surface area contributed by atoms with Gasteiger partial charge in [0.25, 0.3) is 0 Å². The van der Waals surface area contributed by atoms with Gasteiger partial charge in [0, 0.05) is 24.9 Å². The highest BCUT2D eigenvalue weighted by atomic mass is 16.3. The molecule has 1 aliphatic carbocycles. The predicted octanol–water partition coefficient (Wildman–Crippen LogP) is 3.44. The van der Waals surface area contributed by atoms with Crippen LogP contribution >= 0.6 is 0 Å². The summed E-state index contributed by atoms with van der Waals surface area (Å²) in [6.45, 7) is 0. The highest BCUT2D eigenvalue weighted by Gasteiger charge is 2.39. The summed E-state index contributed by atoms with van der Waals surface area (Å²) in [7, 11) is 1.97. The highest BCUT2D eigenvalue weighted by Crippen LogP contribution is 2.43. The van der Waals surface area contributed by atoms with Gasteiger partial charge < -0.3 is 5.11 Å². The zero-order valence-corrected chi connectivity index (χ0v) is 12.7. The van der Waals surface area contributed by atoms with Crippen LogP contribution in [0.15, 0.2) is 42.6 Å². The Bertz CT molecular complexity index is 578. The molecule has 1 fully saturated rings. The van der Waals surface area contributed by atoms with Gasteiger partial charge in [-0.3, -0.25) is 4.68 Å². The molecule has 0 radical (unpaired) electrons. The molecule has 0 bridgehead atoms. The molecule has 3 heteroatoms. The van der Waals surface area contributed by atoms with Crippen LogP contribution in [-0.2, 0) is 13.5 Å². The first-order chi connectivity index (χ1) is 10.2. The molecule has 1 aromatic carbocycles. The van der Waals surface area contributed by atoms with Crippen molar-refractivity contribution in [3.63, 3.8) is 0 Å². The molecule has 1 saturated carbocycles. The fraction of sp³-hybridized carbons (Fsp3) is 0.500. The zero-order chi connectivity index (χ0) is 14.7. The average Bonchev–Trinajstić information content (AvgIpc) is 2.92. The molecule has 1 aromatic heterocycles. The van der Waals surface area contributed by atoms with Crippen LogP contribution in [0.3, 0.4) is 0 Å². The Balaban J connectivity index is 1.77. The molecule has 3 rings (SSSR count). The summed E-state index contributed by atoms with van der Waals surface area (Å²) >= 11 is 0. The number of hydrogen-bond acceptors (Lipinski definition) is 2. The van der Waals surface area contributed by atoms with E-state index in [0.717, 1.165) is 32.1 Å². The molecule has 0 aliphatic heterocycles. The number of aromatic nitrogens is 2. The van der Waals surface area contributed by atoms with E-state index in [2.05, 4.69) is 29.4 Å². The molecule has 2 atom stereocenters. The Kier molecular flexibility index (Phi) is 4.11. The standard InChI is InChI=1S/C18H24N2O/c1-20-16(11-14-19-20)10-13-18(21)12-6-5-9-17(18)15-7-3-2-4-8-15/h2-4,7-8,11,14,17,21H,5-6,9-10,12-13H2,1H3. The number of benzene rings is 1. The lowest BCUT2D eigenvalue weighted by atomic mass is 9.70. The minimum absolute atomic E-state index is 0.265. The first-order valence-electron chi connectivity index (χ1n) is 7.93. The van der Waals surface area contributed by atoms with Crippen molar-refractivity contribution in [1.82, 2.24) is 9.78 Å². The Hall–Kier alpha value is -1.61. The van der Waals surface area contributed by atoms with Crippen LogP contribution in [0.25, 0.3) is 0 Å². The number of nitrogens with zero attached hydrogens (tertiary/aromatic N) is 2. The van der Waals surface area contributed by atoms with Crippen LogP contribution in [0.1, 0.15) is 49.3 Å². The molecule has 0 spiro atoms. The fourth-order valence-electron chi connectivity index (χ4n) is 3.68. The van der Waals surface area contributed by atoms with Crippen molar-refractivity contribution in [3.8, 4) is 0 Å². The van der Waals surface area contributed by atoms with Crippen molar-refractivity contribution in [2.45, 2.75) is 50.0 Å². The summed E-state index contributed by atoms with van der Waals surface area (Å²) in [5, 5.41) is 15.5. The first kappa shape index (κ1) is 14.3. The first-order valence-corrected chi connectivity index (χ1v) is 7.93. The molecule has 112 valence electrons. The van der Waals surface area contributed by atoms with Crippen LogP contribution in [-0.4, -0.2) is 20.5 Å². The second-order valence-electron chi connectivity index (χ2n) is 6.26. The zero-order valence-electron chi connectivity index (χ0n) is 12.7. The van der Waals surface area contributed by atoms with Gasteiger partial charge in [-0.15, -0.1) is 0 Å². The Morgan fingerprint density at radius 3 is 2.76 bits per heavy atom. The Morgan fingerprint density at radius 2 is 2.05 bits per heavy atom. The monoisotopic (exact) mass is 284 g/mol. The van der Waals surface area contributed by atoms with E-state index in [1.165, 1.54) is 17.7 Å². The summed E-state index contributed by atoms with van der Waals surface area (Å²) < 4.78 is 1.91. The molecule has 1 N–H and O–H groups in total. The molecule has 21 heavy (non-hydrogen) atoms. The molecule has 0 saturated heterocycles. The average molecular weight is 284 g/mol. The molecular formula is C18H24N2O. The van der Waals surface area contributed by atoms with E-state index >= 15 is 0 Å². The second-order valence-corrected chi connectivity index (χ2v) is 6.26. The third-order valence-electron chi connectivity index (χ3n) is 4.94. The van der Waals surface area contributed by atoms with Gasteiger partial charge in [0.1, 0.15) is 0 Å².